The van der Waals surface area contributed by atoms with Crippen LogP contribution in [-0.4, -0.2) is 72.4 Å². The first kappa shape index (κ1) is 20.0. The van der Waals surface area contributed by atoms with E-state index in [1.807, 2.05) is 0 Å². The van der Waals surface area contributed by atoms with Crippen LogP contribution in [0, 0.1) is 5.92 Å². The van der Waals surface area contributed by atoms with Crippen LogP contribution in [0.25, 0.3) is 6.08 Å². The number of carbonyl (C=O) groups excluding carboxylic acids is 4. The number of barbiturate groups is 1. The predicted octanol–water partition coefficient (Wildman–Crippen LogP) is 1.36. The van der Waals surface area contributed by atoms with Crippen molar-refractivity contribution in [1.29, 1.82) is 0 Å². The van der Waals surface area contributed by atoms with Crippen LogP contribution >= 0.6 is 11.3 Å². The van der Waals surface area contributed by atoms with Gasteiger partial charge in [-0.15, -0.1) is 0 Å². The summed E-state index contributed by atoms with van der Waals surface area (Å²) in [6.45, 7) is 3.55. The average Bonchev–Trinajstić information content (AvgIpc) is 3.17. The molecule has 3 rings (SSSR count). The van der Waals surface area contributed by atoms with Crippen LogP contribution in [0.5, 0.6) is 0 Å². The molecule has 9 nitrogen and oxygen atoms in total. The van der Waals surface area contributed by atoms with Crippen molar-refractivity contribution in [1.82, 2.24) is 14.8 Å². The molecule has 0 N–H and O–H groups in total. The van der Waals surface area contributed by atoms with Crippen molar-refractivity contribution in [3.05, 3.63) is 16.6 Å². The molecule has 10 heteroatoms. The second kappa shape index (κ2) is 8.09. The third kappa shape index (κ3) is 3.77. The molecule has 0 aromatic carbocycles. The highest BCUT2D eigenvalue weighted by molar-refractivity contribution is 7.16. The maximum Gasteiger partial charge on any atom is 0.333 e. The summed E-state index contributed by atoms with van der Waals surface area (Å²) in [6, 6.07) is -0.651. The molecule has 0 saturated carbocycles. The van der Waals surface area contributed by atoms with Gasteiger partial charge in [-0.25, -0.2) is 9.78 Å². The van der Waals surface area contributed by atoms with Gasteiger partial charge in [0.2, 0.25) is 0 Å². The fourth-order valence-corrected chi connectivity index (χ4v) is 4.08. The Morgan fingerprint density at radius 3 is 2.39 bits per heavy atom. The lowest BCUT2D eigenvalue weighted by atomic mass is 9.97. The lowest BCUT2D eigenvalue weighted by molar-refractivity contribution is -0.148. The first-order valence-corrected chi connectivity index (χ1v) is 9.84. The number of anilines is 1. The Hall–Kier alpha value is -2.75. The fraction of sp³-hybridized carbons (Fsp3) is 0.500. The molecule has 0 atom stereocenters. The topological polar surface area (TPSA) is 100 Å². The molecule has 2 fully saturated rings. The largest absolute Gasteiger partial charge is 0.466 e. The Morgan fingerprint density at radius 2 is 1.82 bits per heavy atom. The van der Waals surface area contributed by atoms with E-state index >= 15 is 0 Å². The predicted molar refractivity (Wildman–Crippen MR) is 103 cm³/mol. The number of hydrogen-bond donors (Lipinski definition) is 0. The number of hydrogen-bond acceptors (Lipinski definition) is 8. The highest BCUT2D eigenvalue weighted by atomic mass is 32.1. The van der Waals surface area contributed by atoms with Crippen molar-refractivity contribution in [2.24, 2.45) is 5.92 Å². The van der Waals surface area contributed by atoms with Gasteiger partial charge in [0.1, 0.15) is 5.57 Å². The number of aromatic nitrogens is 1. The van der Waals surface area contributed by atoms with Crippen LogP contribution in [0.2, 0.25) is 0 Å². The van der Waals surface area contributed by atoms with Gasteiger partial charge in [-0.2, -0.15) is 0 Å². The smallest absolute Gasteiger partial charge is 0.333 e. The van der Waals surface area contributed by atoms with Crippen molar-refractivity contribution in [3.63, 3.8) is 0 Å². The molecular formula is C18H22N4O5S. The molecule has 4 amide bonds. The number of amides is 4. The van der Waals surface area contributed by atoms with Gasteiger partial charge in [0, 0.05) is 33.4 Å². The van der Waals surface area contributed by atoms with Crippen molar-refractivity contribution in [2.75, 3.05) is 38.7 Å². The highest BCUT2D eigenvalue weighted by Crippen LogP contribution is 2.29. The van der Waals surface area contributed by atoms with Crippen LogP contribution in [0.1, 0.15) is 24.6 Å². The summed E-state index contributed by atoms with van der Waals surface area (Å²) in [5.74, 6) is -1.49. The summed E-state index contributed by atoms with van der Waals surface area (Å²) in [7, 11) is 2.68. The van der Waals surface area contributed by atoms with Gasteiger partial charge in [-0.05, 0) is 25.8 Å². The zero-order valence-electron chi connectivity index (χ0n) is 16.0. The molecule has 0 unspecified atom stereocenters. The number of likely N-dealkylation sites (N-methyl/N-ethyl adjacent to an activating group) is 2. The Morgan fingerprint density at radius 1 is 1.21 bits per heavy atom. The zero-order valence-corrected chi connectivity index (χ0v) is 16.8. The molecular weight excluding hydrogens is 384 g/mol. The minimum Gasteiger partial charge on any atom is -0.466 e. The molecule has 2 saturated heterocycles. The number of rotatable bonds is 4. The summed E-state index contributed by atoms with van der Waals surface area (Å²) < 4.78 is 5.08. The highest BCUT2D eigenvalue weighted by Gasteiger charge is 2.38. The van der Waals surface area contributed by atoms with E-state index < -0.39 is 17.8 Å². The van der Waals surface area contributed by atoms with E-state index in [2.05, 4.69) is 9.88 Å². The number of ether oxygens (including phenoxy) is 1. The van der Waals surface area contributed by atoms with E-state index in [1.54, 1.807) is 13.1 Å². The minimum atomic E-state index is -0.651. The fourth-order valence-electron chi connectivity index (χ4n) is 3.17. The number of carbonyl (C=O) groups is 4. The first-order valence-electron chi connectivity index (χ1n) is 9.02. The normalized spacial score (nSPS) is 18.8. The number of urea groups is 1. The molecule has 2 aliphatic rings. The Bertz CT molecular complexity index is 815. The van der Waals surface area contributed by atoms with Crippen LogP contribution in [0.15, 0.2) is 11.8 Å². The summed E-state index contributed by atoms with van der Waals surface area (Å²) in [5.41, 5.74) is -0.0687. The summed E-state index contributed by atoms with van der Waals surface area (Å²) >= 11 is 1.36. The van der Waals surface area contributed by atoms with Gasteiger partial charge in [-0.3, -0.25) is 24.2 Å². The van der Waals surface area contributed by atoms with Crippen LogP contribution in [0.3, 0.4) is 0 Å². The maximum atomic E-state index is 12.3. The Labute approximate surface area is 166 Å². The van der Waals surface area contributed by atoms with Gasteiger partial charge in [-0.1, -0.05) is 11.3 Å². The molecule has 0 bridgehead atoms. The van der Waals surface area contributed by atoms with Gasteiger partial charge < -0.3 is 9.64 Å². The Balaban J connectivity index is 1.70. The van der Waals surface area contributed by atoms with Crippen molar-refractivity contribution in [2.45, 2.75) is 19.8 Å². The second-order valence-electron chi connectivity index (χ2n) is 6.63. The quantitative estimate of drug-likeness (QED) is 0.423. The molecule has 28 heavy (non-hydrogen) atoms. The lowest BCUT2D eigenvalue weighted by Crippen LogP contribution is -2.52. The molecule has 150 valence electrons. The van der Waals surface area contributed by atoms with Gasteiger partial charge >= 0.3 is 12.0 Å². The van der Waals surface area contributed by atoms with Crippen LogP contribution in [-0.2, 0) is 19.1 Å². The standard InChI is InChI=1S/C18H22N4O5S/c1-4-27-16(25)11-5-7-22(8-6-11)17-19-10-12(28-17)9-13-14(23)20(2)18(26)21(3)15(13)24/h9-11H,4-8H2,1-3H3. The molecule has 3 heterocycles. The SMILES string of the molecule is CCOC(=O)C1CCN(c2ncc(C=C3C(=O)N(C)C(=O)N(C)C3=O)s2)CC1. The number of esters is 1. The summed E-state index contributed by atoms with van der Waals surface area (Å²) in [4.78, 5) is 57.1. The number of thiazole rings is 1. The maximum absolute atomic E-state index is 12.3. The van der Waals surface area contributed by atoms with Crippen molar-refractivity contribution >= 4 is 46.4 Å². The van der Waals surface area contributed by atoms with E-state index in [9.17, 15) is 19.2 Å². The summed E-state index contributed by atoms with van der Waals surface area (Å²) in [6.07, 6.45) is 4.46. The van der Waals surface area contributed by atoms with E-state index in [4.69, 9.17) is 4.74 Å². The molecule has 0 spiro atoms. The van der Waals surface area contributed by atoms with E-state index in [0.29, 0.717) is 37.4 Å². The third-order valence-electron chi connectivity index (χ3n) is 4.83. The van der Waals surface area contributed by atoms with Gasteiger partial charge in [0.05, 0.1) is 17.4 Å². The van der Waals surface area contributed by atoms with Crippen LogP contribution in [0.4, 0.5) is 9.93 Å². The van der Waals surface area contributed by atoms with E-state index in [1.165, 1.54) is 31.5 Å². The lowest BCUT2D eigenvalue weighted by Gasteiger charge is -2.30. The van der Waals surface area contributed by atoms with Crippen molar-refractivity contribution in [3.8, 4) is 0 Å². The zero-order chi connectivity index (χ0) is 20.4. The monoisotopic (exact) mass is 406 g/mol. The molecule has 0 aliphatic carbocycles. The Kier molecular flexibility index (Phi) is 5.78. The van der Waals surface area contributed by atoms with Crippen LogP contribution < -0.4 is 4.90 Å². The molecule has 1 aromatic heterocycles. The van der Waals surface area contributed by atoms with E-state index in [-0.39, 0.29) is 17.5 Å². The summed E-state index contributed by atoms with van der Waals surface area (Å²) in [5, 5.41) is 0.766. The molecule has 1 aromatic rings. The number of imide groups is 2. The minimum absolute atomic E-state index is 0.0687. The van der Waals surface area contributed by atoms with Gasteiger partial charge in [0.25, 0.3) is 11.8 Å². The van der Waals surface area contributed by atoms with Gasteiger partial charge in [0.15, 0.2) is 5.13 Å². The molecule has 2 aliphatic heterocycles. The average molecular weight is 406 g/mol. The number of piperidine rings is 1. The number of nitrogens with zero attached hydrogens (tertiary/aromatic N) is 4. The molecule has 0 radical (unpaired) electrons. The first-order chi connectivity index (χ1) is 13.3. The van der Waals surface area contributed by atoms with Crippen molar-refractivity contribution < 1.29 is 23.9 Å². The third-order valence-corrected chi connectivity index (χ3v) is 5.83. The van der Waals surface area contributed by atoms with E-state index in [0.717, 1.165) is 14.9 Å². The second-order valence-corrected chi connectivity index (χ2v) is 7.67.